The summed E-state index contributed by atoms with van der Waals surface area (Å²) < 4.78 is 110. The average molecular weight is 532 g/mol. The Balaban J connectivity index is 1.80. The van der Waals surface area contributed by atoms with E-state index in [0.717, 1.165) is 18.3 Å². The van der Waals surface area contributed by atoms with Gasteiger partial charge in [-0.2, -0.15) is 34.8 Å². The SMILES string of the molecule is O=S(=O)(O)c1ccc(-c2cc(-c3nc(-c4ccc(C(F)(F)F)nc4)cc(C(F)(F)F)n3)ccn2)s1. The highest BCUT2D eigenvalue weighted by molar-refractivity contribution is 7.88. The first-order valence-corrected chi connectivity index (χ1v) is 11.5. The van der Waals surface area contributed by atoms with Crippen LogP contribution in [-0.2, 0) is 22.5 Å². The Bertz CT molecular complexity index is 1500. The topological polar surface area (TPSA) is 106 Å². The second-order valence-corrected chi connectivity index (χ2v) is 9.65. The van der Waals surface area contributed by atoms with Crippen molar-refractivity contribution in [2.24, 2.45) is 0 Å². The van der Waals surface area contributed by atoms with Gasteiger partial charge in [-0.1, -0.05) is 0 Å². The first kappa shape index (κ1) is 24.7. The summed E-state index contributed by atoms with van der Waals surface area (Å²) in [6.07, 6.45) is -7.62. The third-order valence-electron chi connectivity index (χ3n) is 4.47. The molecule has 0 saturated carbocycles. The highest BCUT2D eigenvalue weighted by Crippen LogP contribution is 2.35. The van der Waals surface area contributed by atoms with Crippen LogP contribution in [0.1, 0.15) is 11.4 Å². The van der Waals surface area contributed by atoms with E-state index in [-0.39, 0.29) is 26.7 Å². The van der Waals surface area contributed by atoms with Crippen LogP contribution >= 0.6 is 11.3 Å². The van der Waals surface area contributed by atoms with Gasteiger partial charge in [0.15, 0.2) is 5.82 Å². The van der Waals surface area contributed by atoms with Crippen molar-refractivity contribution >= 4 is 21.5 Å². The summed E-state index contributed by atoms with van der Waals surface area (Å²) in [7, 11) is -4.46. The largest absolute Gasteiger partial charge is 0.433 e. The van der Waals surface area contributed by atoms with Gasteiger partial charge in [0.2, 0.25) is 0 Å². The summed E-state index contributed by atoms with van der Waals surface area (Å²) in [5.41, 5.74) is -2.72. The van der Waals surface area contributed by atoms with E-state index in [1.165, 1.54) is 24.4 Å². The summed E-state index contributed by atoms with van der Waals surface area (Å²) in [4.78, 5) is 15.2. The van der Waals surface area contributed by atoms with E-state index in [4.69, 9.17) is 4.55 Å². The standard InChI is InChI=1S/C20H10F6N4O3S2/c21-19(22,23)15-3-1-11(9-28-15)12-8-16(20(24,25)26)30-18(29-12)10-5-6-27-13(7-10)14-2-4-17(34-14)35(31,32)33/h1-9H,(H,31,32,33). The van der Waals surface area contributed by atoms with Gasteiger partial charge in [0.25, 0.3) is 0 Å². The fraction of sp³-hybridized carbons (Fsp3) is 0.100. The lowest BCUT2D eigenvalue weighted by Gasteiger charge is -2.12. The Labute approximate surface area is 196 Å². The van der Waals surface area contributed by atoms with Gasteiger partial charge in [0, 0.05) is 23.5 Å². The maximum Gasteiger partial charge on any atom is 0.433 e. The summed E-state index contributed by atoms with van der Waals surface area (Å²) in [6, 6.07) is 7.27. The molecule has 4 rings (SSSR count). The van der Waals surface area contributed by atoms with Gasteiger partial charge in [-0.3, -0.25) is 14.5 Å². The van der Waals surface area contributed by atoms with Crippen LogP contribution in [-0.4, -0.2) is 32.9 Å². The second kappa shape index (κ2) is 8.66. The molecule has 0 saturated heterocycles. The first-order valence-electron chi connectivity index (χ1n) is 9.26. The molecule has 182 valence electrons. The third kappa shape index (κ3) is 5.47. The van der Waals surface area contributed by atoms with Gasteiger partial charge in [-0.05, 0) is 42.5 Å². The minimum absolute atomic E-state index is 0.0732. The molecule has 15 heteroatoms. The van der Waals surface area contributed by atoms with Gasteiger partial charge in [0.05, 0.1) is 16.3 Å². The predicted octanol–water partition coefficient (Wildman–Crippen LogP) is 5.61. The predicted molar refractivity (Wildman–Crippen MR) is 112 cm³/mol. The fourth-order valence-electron chi connectivity index (χ4n) is 2.88. The van der Waals surface area contributed by atoms with Crippen molar-refractivity contribution in [3.8, 4) is 33.2 Å². The summed E-state index contributed by atoms with van der Waals surface area (Å²) in [5.74, 6) is -0.398. The maximum atomic E-state index is 13.5. The number of thiophene rings is 1. The van der Waals surface area contributed by atoms with E-state index in [9.17, 15) is 34.8 Å². The Hall–Kier alpha value is -3.43. The van der Waals surface area contributed by atoms with Crippen LogP contribution in [0.5, 0.6) is 0 Å². The number of aromatic nitrogens is 4. The molecule has 4 heterocycles. The van der Waals surface area contributed by atoms with Crippen LogP contribution in [0, 0.1) is 0 Å². The van der Waals surface area contributed by atoms with E-state index >= 15 is 0 Å². The van der Waals surface area contributed by atoms with Crippen LogP contribution in [0.4, 0.5) is 26.3 Å². The van der Waals surface area contributed by atoms with Gasteiger partial charge in [0.1, 0.15) is 15.6 Å². The molecule has 0 spiro atoms. The smallest absolute Gasteiger partial charge is 0.281 e. The van der Waals surface area contributed by atoms with Crippen LogP contribution in [0.3, 0.4) is 0 Å². The Morgan fingerprint density at radius 2 is 1.49 bits per heavy atom. The number of pyridine rings is 2. The highest BCUT2D eigenvalue weighted by atomic mass is 32.3. The summed E-state index contributed by atoms with van der Waals surface area (Å²) in [6.45, 7) is 0. The van der Waals surface area contributed by atoms with Gasteiger partial charge >= 0.3 is 22.5 Å². The lowest BCUT2D eigenvalue weighted by molar-refractivity contribution is -0.141. The molecule has 0 atom stereocenters. The van der Waals surface area contributed by atoms with Crippen LogP contribution < -0.4 is 0 Å². The number of hydrogen-bond donors (Lipinski definition) is 1. The third-order valence-corrected chi connectivity index (χ3v) is 6.90. The van der Waals surface area contributed by atoms with Crippen LogP contribution in [0.2, 0.25) is 0 Å². The van der Waals surface area contributed by atoms with Crippen molar-refractivity contribution < 1.29 is 39.3 Å². The lowest BCUT2D eigenvalue weighted by atomic mass is 10.1. The van der Waals surface area contributed by atoms with Crippen molar-refractivity contribution in [3.63, 3.8) is 0 Å². The van der Waals surface area contributed by atoms with Crippen molar-refractivity contribution in [1.82, 2.24) is 19.9 Å². The Kier molecular flexibility index (Phi) is 6.11. The molecule has 0 bridgehead atoms. The van der Waals surface area contributed by atoms with E-state index in [0.29, 0.717) is 28.3 Å². The van der Waals surface area contributed by atoms with Gasteiger partial charge < -0.3 is 0 Å². The fourth-order valence-corrected chi connectivity index (χ4v) is 4.52. The molecule has 7 nitrogen and oxygen atoms in total. The zero-order valence-electron chi connectivity index (χ0n) is 16.8. The molecule has 0 aliphatic carbocycles. The molecule has 0 fully saturated rings. The molecular weight excluding hydrogens is 522 g/mol. The lowest BCUT2D eigenvalue weighted by Crippen LogP contribution is -2.11. The highest BCUT2D eigenvalue weighted by Gasteiger charge is 2.35. The molecule has 0 aliphatic rings. The Morgan fingerprint density at radius 3 is 2.06 bits per heavy atom. The summed E-state index contributed by atoms with van der Waals surface area (Å²) in [5, 5.41) is 0. The molecule has 0 unspecified atom stereocenters. The Morgan fingerprint density at radius 1 is 0.771 bits per heavy atom. The minimum atomic E-state index is -4.89. The molecule has 0 radical (unpaired) electrons. The van der Waals surface area contributed by atoms with E-state index in [2.05, 4.69) is 19.9 Å². The number of alkyl halides is 6. The van der Waals surface area contributed by atoms with E-state index in [1.807, 2.05) is 0 Å². The molecule has 0 aromatic carbocycles. The zero-order valence-corrected chi connectivity index (χ0v) is 18.5. The van der Waals surface area contributed by atoms with Crippen molar-refractivity contribution in [3.05, 3.63) is 66.2 Å². The van der Waals surface area contributed by atoms with Crippen molar-refractivity contribution in [2.75, 3.05) is 0 Å². The van der Waals surface area contributed by atoms with Crippen LogP contribution in [0.15, 0.2) is 59.1 Å². The number of rotatable bonds is 4. The van der Waals surface area contributed by atoms with Crippen LogP contribution in [0.25, 0.3) is 33.2 Å². The van der Waals surface area contributed by atoms with Gasteiger partial charge in [-0.25, -0.2) is 9.97 Å². The number of nitrogens with zero attached hydrogens (tertiary/aromatic N) is 4. The minimum Gasteiger partial charge on any atom is -0.281 e. The molecular formula is C20H10F6N4O3S2. The van der Waals surface area contributed by atoms with Crippen molar-refractivity contribution in [1.29, 1.82) is 0 Å². The number of hydrogen-bond acceptors (Lipinski definition) is 7. The molecule has 4 aromatic heterocycles. The molecule has 0 amide bonds. The second-order valence-electron chi connectivity index (χ2n) is 6.91. The quantitative estimate of drug-likeness (QED) is 0.269. The molecule has 0 aliphatic heterocycles. The molecule has 4 aromatic rings. The van der Waals surface area contributed by atoms with E-state index in [1.54, 1.807) is 0 Å². The molecule has 35 heavy (non-hydrogen) atoms. The summed E-state index contributed by atoms with van der Waals surface area (Å²) >= 11 is 0.686. The zero-order chi connectivity index (χ0) is 25.6. The average Bonchev–Trinajstić information content (AvgIpc) is 3.29. The molecule has 1 N–H and O–H groups in total. The maximum absolute atomic E-state index is 13.5. The number of halogens is 6. The van der Waals surface area contributed by atoms with Crippen molar-refractivity contribution in [2.45, 2.75) is 16.6 Å². The van der Waals surface area contributed by atoms with E-state index < -0.39 is 39.7 Å². The monoisotopic (exact) mass is 532 g/mol. The van der Waals surface area contributed by atoms with Gasteiger partial charge in [-0.15, -0.1) is 11.3 Å². The normalized spacial score (nSPS) is 12.7. The first-order chi connectivity index (χ1) is 16.2.